The molecule has 1 N–H and O–H groups in total. The Balaban J connectivity index is 1.67. The lowest BCUT2D eigenvalue weighted by molar-refractivity contribution is -0.133. The van der Waals surface area contributed by atoms with Crippen LogP contribution in [0.25, 0.3) is 0 Å². The van der Waals surface area contributed by atoms with Gasteiger partial charge in [0.2, 0.25) is 5.91 Å². The van der Waals surface area contributed by atoms with Crippen molar-refractivity contribution in [2.45, 2.75) is 12.8 Å². The Hall–Kier alpha value is -1.09. The molecule has 2 aliphatic heterocycles. The Morgan fingerprint density at radius 1 is 1.35 bits per heavy atom. The lowest BCUT2D eigenvalue weighted by Crippen LogP contribution is -2.37. The van der Waals surface area contributed by atoms with Crippen molar-refractivity contribution in [2.75, 3.05) is 26.2 Å². The predicted molar refractivity (Wildman–Crippen MR) is 67.4 cm³/mol. The van der Waals surface area contributed by atoms with Gasteiger partial charge < -0.3 is 10.2 Å². The van der Waals surface area contributed by atoms with E-state index in [9.17, 15) is 4.79 Å². The van der Waals surface area contributed by atoms with Gasteiger partial charge in [0.25, 0.3) is 0 Å². The molecule has 0 radical (unpaired) electrons. The van der Waals surface area contributed by atoms with Gasteiger partial charge in [0.05, 0.1) is 5.92 Å². The summed E-state index contributed by atoms with van der Waals surface area (Å²) < 4.78 is 0. The van der Waals surface area contributed by atoms with Crippen LogP contribution < -0.4 is 5.32 Å². The van der Waals surface area contributed by atoms with Gasteiger partial charge in [0, 0.05) is 26.2 Å². The molecule has 0 spiro atoms. The van der Waals surface area contributed by atoms with Gasteiger partial charge in [-0.2, -0.15) is 0 Å². The molecule has 3 heteroatoms. The molecule has 3 aliphatic rings. The fourth-order valence-electron chi connectivity index (χ4n) is 3.34. The molecule has 3 rings (SSSR count). The van der Waals surface area contributed by atoms with Gasteiger partial charge in [-0.3, -0.25) is 4.79 Å². The maximum Gasteiger partial charge on any atom is 0.230 e. The molecular formula is C14H20N2O. The predicted octanol–water partition coefficient (Wildman–Crippen LogP) is 1.19. The number of hydrogen-bond acceptors (Lipinski definition) is 2. The van der Waals surface area contributed by atoms with E-state index in [-0.39, 0.29) is 5.92 Å². The Morgan fingerprint density at radius 3 is 2.71 bits per heavy atom. The lowest BCUT2D eigenvalue weighted by atomic mass is 9.89. The van der Waals surface area contributed by atoms with Crippen molar-refractivity contribution in [1.82, 2.24) is 10.2 Å². The summed E-state index contributed by atoms with van der Waals surface area (Å²) in [6.07, 6.45) is 6.09. The lowest BCUT2D eigenvalue weighted by Gasteiger charge is -2.26. The van der Waals surface area contributed by atoms with E-state index in [1.165, 1.54) is 0 Å². The largest absolute Gasteiger partial charge is 0.341 e. The minimum atomic E-state index is 0.0479. The molecule has 1 aliphatic carbocycles. The molecule has 2 saturated heterocycles. The summed E-state index contributed by atoms with van der Waals surface area (Å²) in [6.45, 7) is 8.08. The summed E-state index contributed by atoms with van der Waals surface area (Å²) in [7, 11) is 0. The molecule has 3 atom stereocenters. The number of carbonyl (C=O) groups is 1. The molecule has 0 aromatic rings. The van der Waals surface area contributed by atoms with Crippen molar-refractivity contribution in [2.24, 2.45) is 17.8 Å². The van der Waals surface area contributed by atoms with Gasteiger partial charge in [-0.15, -0.1) is 0 Å². The van der Waals surface area contributed by atoms with Gasteiger partial charge in [-0.05, 0) is 30.3 Å². The van der Waals surface area contributed by atoms with Crippen molar-refractivity contribution in [1.29, 1.82) is 0 Å². The van der Waals surface area contributed by atoms with E-state index in [0.717, 1.165) is 44.6 Å². The molecule has 0 aromatic carbocycles. The van der Waals surface area contributed by atoms with Crippen LogP contribution in [0.4, 0.5) is 0 Å². The molecule has 1 amide bonds. The van der Waals surface area contributed by atoms with E-state index >= 15 is 0 Å². The van der Waals surface area contributed by atoms with E-state index in [4.69, 9.17) is 0 Å². The zero-order valence-electron chi connectivity index (χ0n) is 10.2. The van der Waals surface area contributed by atoms with Crippen molar-refractivity contribution in [3.8, 4) is 0 Å². The normalized spacial score (nSPS) is 36.4. The number of nitrogens with zero attached hydrogens (tertiary/aromatic N) is 1. The summed E-state index contributed by atoms with van der Waals surface area (Å²) in [5.41, 5.74) is 0.997. The molecule has 3 unspecified atom stereocenters. The first-order valence-corrected chi connectivity index (χ1v) is 6.60. The first-order valence-electron chi connectivity index (χ1n) is 6.60. The molecule has 0 bridgehead atoms. The third kappa shape index (κ3) is 1.93. The first kappa shape index (κ1) is 11.0. The van der Waals surface area contributed by atoms with Crippen molar-refractivity contribution in [3.63, 3.8) is 0 Å². The summed E-state index contributed by atoms with van der Waals surface area (Å²) in [5.74, 6) is 1.73. The van der Waals surface area contributed by atoms with Gasteiger partial charge in [-0.25, -0.2) is 0 Å². The first-order chi connectivity index (χ1) is 8.25. The minimum Gasteiger partial charge on any atom is -0.341 e. The number of carbonyl (C=O) groups excluding carboxylic acids is 1. The van der Waals surface area contributed by atoms with Crippen LogP contribution in [-0.4, -0.2) is 37.0 Å². The smallest absolute Gasteiger partial charge is 0.230 e. The molecule has 2 fully saturated rings. The maximum atomic E-state index is 12.5. The third-order valence-corrected chi connectivity index (χ3v) is 4.40. The molecule has 0 aromatic heterocycles. The van der Waals surface area contributed by atoms with Gasteiger partial charge in [-0.1, -0.05) is 18.7 Å². The highest BCUT2D eigenvalue weighted by atomic mass is 16.2. The van der Waals surface area contributed by atoms with E-state index in [1.54, 1.807) is 0 Å². The highest BCUT2D eigenvalue weighted by Crippen LogP contribution is 2.31. The second-order valence-corrected chi connectivity index (χ2v) is 5.53. The van der Waals surface area contributed by atoms with Gasteiger partial charge in [0.1, 0.15) is 0 Å². The van der Waals surface area contributed by atoms with Crippen LogP contribution in [0.3, 0.4) is 0 Å². The van der Waals surface area contributed by atoms with E-state index in [0.29, 0.717) is 17.7 Å². The molecule has 0 saturated carbocycles. The second kappa shape index (κ2) is 4.30. The Kier molecular flexibility index (Phi) is 2.79. The van der Waals surface area contributed by atoms with Gasteiger partial charge in [0.15, 0.2) is 0 Å². The number of allylic oxidation sites excluding steroid dienone is 2. The molecule has 3 nitrogen and oxygen atoms in total. The SMILES string of the molecule is C=C1C=CCCC1C(=O)N1CC2CNCC2C1. The van der Waals surface area contributed by atoms with Crippen LogP contribution in [0, 0.1) is 17.8 Å². The number of likely N-dealkylation sites (tertiary alicyclic amines) is 1. The van der Waals surface area contributed by atoms with Crippen LogP contribution >= 0.6 is 0 Å². The minimum absolute atomic E-state index is 0.0479. The molecule has 92 valence electrons. The number of nitrogens with one attached hydrogen (secondary N) is 1. The van der Waals surface area contributed by atoms with Crippen LogP contribution in [0.15, 0.2) is 24.3 Å². The molecule has 2 heterocycles. The summed E-state index contributed by atoms with van der Waals surface area (Å²) in [4.78, 5) is 14.5. The number of hydrogen-bond donors (Lipinski definition) is 1. The Morgan fingerprint density at radius 2 is 2.06 bits per heavy atom. The van der Waals surface area contributed by atoms with E-state index in [2.05, 4.69) is 22.9 Å². The van der Waals surface area contributed by atoms with Crippen molar-refractivity contribution >= 4 is 5.91 Å². The molecular weight excluding hydrogens is 212 g/mol. The second-order valence-electron chi connectivity index (χ2n) is 5.53. The van der Waals surface area contributed by atoms with Crippen molar-refractivity contribution in [3.05, 3.63) is 24.3 Å². The maximum absolute atomic E-state index is 12.5. The Bertz CT molecular complexity index is 362. The quantitative estimate of drug-likeness (QED) is 0.736. The number of rotatable bonds is 1. The summed E-state index contributed by atoms with van der Waals surface area (Å²) in [6, 6.07) is 0. The van der Waals surface area contributed by atoms with Crippen molar-refractivity contribution < 1.29 is 4.79 Å². The highest BCUT2D eigenvalue weighted by Gasteiger charge is 2.40. The fourth-order valence-corrected chi connectivity index (χ4v) is 3.34. The zero-order chi connectivity index (χ0) is 11.8. The number of amides is 1. The third-order valence-electron chi connectivity index (χ3n) is 4.40. The standard InChI is InChI=1S/C14H20N2O/c1-10-4-2-3-5-13(10)14(17)16-8-11-6-15-7-12(11)9-16/h2,4,11-13,15H,1,3,5-9H2. The monoisotopic (exact) mass is 232 g/mol. The fraction of sp³-hybridized carbons (Fsp3) is 0.643. The highest BCUT2D eigenvalue weighted by molar-refractivity contribution is 5.82. The summed E-state index contributed by atoms with van der Waals surface area (Å²) >= 11 is 0. The van der Waals surface area contributed by atoms with Crippen LogP contribution in [0.1, 0.15) is 12.8 Å². The van der Waals surface area contributed by atoms with E-state index < -0.39 is 0 Å². The van der Waals surface area contributed by atoms with Crippen LogP contribution in [0.2, 0.25) is 0 Å². The Labute approximate surface area is 103 Å². The number of fused-ring (bicyclic) bond motifs is 1. The van der Waals surface area contributed by atoms with E-state index in [1.807, 2.05) is 6.08 Å². The summed E-state index contributed by atoms with van der Waals surface area (Å²) in [5, 5.41) is 3.41. The van der Waals surface area contributed by atoms with Crippen LogP contribution in [-0.2, 0) is 4.79 Å². The average molecular weight is 232 g/mol. The van der Waals surface area contributed by atoms with Gasteiger partial charge >= 0.3 is 0 Å². The van der Waals surface area contributed by atoms with Crippen LogP contribution in [0.5, 0.6) is 0 Å². The zero-order valence-corrected chi connectivity index (χ0v) is 10.2. The average Bonchev–Trinajstić information content (AvgIpc) is 2.88. The molecule has 17 heavy (non-hydrogen) atoms. The topological polar surface area (TPSA) is 32.3 Å².